The van der Waals surface area contributed by atoms with E-state index in [1.165, 1.54) is 24.0 Å². The number of carbonyl (C=O) groups excluding carboxylic acids is 3. The van der Waals surface area contributed by atoms with E-state index in [9.17, 15) is 14.4 Å². The van der Waals surface area contributed by atoms with Crippen LogP contribution in [0.2, 0.25) is 0 Å². The monoisotopic (exact) mass is 350 g/mol. The van der Waals surface area contributed by atoms with E-state index in [4.69, 9.17) is 9.47 Å². The Morgan fingerprint density at radius 3 is 2.16 bits per heavy atom. The van der Waals surface area contributed by atoms with Crippen molar-refractivity contribution in [1.82, 2.24) is 9.80 Å². The van der Waals surface area contributed by atoms with Crippen LogP contribution in [0.3, 0.4) is 0 Å². The molecule has 0 aromatic heterocycles. The van der Waals surface area contributed by atoms with Gasteiger partial charge < -0.3 is 14.4 Å². The molecule has 138 valence electrons. The lowest BCUT2D eigenvalue weighted by molar-refractivity contribution is -0.150. The maximum absolute atomic E-state index is 12.3. The summed E-state index contributed by atoms with van der Waals surface area (Å²) in [4.78, 5) is 38.6. The van der Waals surface area contributed by atoms with Crippen LogP contribution in [-0.4, -0.2) is 60.6 Å². The highest BCUT2D eigenvalue weighted by molar-refractivity contribution is 5.85. The molecular formula is C18H26N2O5. The number of carbonyl (C=O) groups is 3. The number of methoxy groups -OCH3 is 1. The van der Waals surface area contributed by atoms with Crippen molar-refractivity contribution in [2.45, 2.75) is 32.9 Å². The number of nitrogens with zero attached hydrogens (tertiary/aromatic N) is 2. The Kier molecular flexibility index (Phi) is 7.42. The van der Waals surface area contributed by atoms with Crippen molar-refractivity contribution in [3.8, 4) is 0 Å². The molecule has 7 nitrogen and oxygen atoms in total. The van der Waals surface area contributed by atoms with Gasteiger partial charge in [-0.1, -0.05) is 30.3 Å². The van der Waals surface area contributed by atoms with Crippen LogP contribution in [0.25, 0.3) is 0 Å². The molecule has 25 heavy (non-hydrogen) atoms. The second-order valence-corrected chi connectivity index (χ2v) is 6.62. The molecule has 2 amide bonds. The second kappa shape index (κ2) is 9.05. The summed E-state index contributed by atoms with van der Waals surface area (Å²) in [5.74, 6) is -0.892. The van der Waals surface area contributed by atoms with Crippen molar-refractivity contribution in [2.75, 3.05) is 27.2 Å². The number of esters is 1. The van der Waals surface area contributed by atoms with Crippen LogP contribution in [0.15, 0.2) is 30.3 Å². The molecule has 0 aliphatic heterocycles. The van der Waals surface area contributed by atoms with Gasteiger partial charge in [0.05, 0.1) is 7.11 Å². The van der Waals surface area contributed by atoms with Gasteiger partial charge in [-0.25, -0.2) is 4.79 Å². The minimum absolute atomic E-state index is 0.151. The lowest BCUT2D eigenvalue weighted by atomic mass is 10.1. The standard InChI is InChI=1S/C18H26N2O5/c1-18(2,3)20(17(23)24-5)11-15(21)19(4)12-16(22)25-13-14-9-7-6-8-10-14/h6-10H,11-13H2,1-5H3. The first-order chi connectivity index (χ1) is 11.6. The minimum Gasteiger partial charge on any atom is -0.459 e. The van der Waals surface area contributed by atoms with E-state index in [0.717, 1.165) is 5.56 Å². The smallest absolute Gasteiger partial charge is 0.410 e. The molecule has 0 unspecified atom stereocenters. The van der Waals surface area contributed by atoms with Gasteiger partial charge >= 0.3 is 12.1 Å². The van der Waals surface area contributed by atoms with Crippen LogP contribution >= 0.6 is 0 Å². The van der Waals surface area contributed by atoms with E-state index < -0.39 is 17.6 Å². The second-order valence-electron chi connectivity index (χ2n) is 6.62. The van der Waals surface area contributed by atoms with Gasteiger partial charge in [-0.05, 0) is 26.3 Å². The molecule has 0 fully saturated rings. The molecule has 0 radical (unpaired) electrons. The van der Waals surface area contributed by atoms with E-state index in [0.29, 0.717) is 0 Å². The highest BCUT2D eigenvalue weighted by atomic mass is 16.5. The Labute approximate surface area is 148 Å². The summed E-state index contributed by atoms with van der Waals surface area (Å²) in [7, 11) is 2.75. The van der Waals surface area contributed by atoms with E-state index in [1.807, 2.05) is 30.3 Å². The molecule has 0 heterocycles. The summed E-state index contributed by atoms with van der Waals surface area (Å²) < 4.78 is 9.86. The molecule has 0 aliphatic rings. The minimum atomic E-state index is -0.596. The van der Waals surface area contributed by atoms with Crippen molar-refractivity contribution < 1.29 is 23.9 Å². The number of ether oxygens (including phenoxy) is 2. The fourth-order valence-corrected chi connectivity index (χ4v) is 2.01. The largest absolute Gasteiger partial charge is 0.459 e. The topological polar surface area (TPSA) is 76.2 Å². The predicted octanol–water partition coefficient (Wildman–Crippen LogP) is 2.06. The summed E-state index contributed by atoms with van der Waals surface area (Å²) >= 11 is 0. The molecule has 0 atom stereocenters. The Hall–Kier alpha value is -2.57. The molecule has 1 aromatic carbocycles. The molecule has 0 saturated heterocycles. The highest BCUT2D eigenvalue weighted by Gasteiger charge is 2.30. The maximum Gasteiger partial charge on any atom is 0.410 e. The van der Waals surface area contributed by atoms with Crippen LogP contribution in [0.5, 0.6) is 0 Å². The predicted molar refractivity (Wildman–Crippen MR) is 92.7 cm³/mol. The molecule has 0 N–H and O–H groups in total. The van der Waals surface area contributed by atoms with Crippen molar-refractivity contribution in [1.29, 1.82) is 0 Å². The summed E-state index contributed by atoms with van der Waals surface area (Å²) in [6.07, 6.45) is -0.596. The normalized spacial score (nSPS) is 10.8. The third kappa shape index (κ3) is 6.82. The summed E-state index contributed by atoms with van der Waals surface area (Å²) in [5, 5.41) is 0. The number of hydrogen-bond acceptors (Lipinski definition) is 5. The molecule has 7 heteroatoms. The number of hydrogen-bond donors (Lipinski definition) is 0. The third-order valence-electron chi connectivity index (χ3n) is 3.53. The molecule has 0 bridgehead atoms. The third-order valence-corrected chi connectivity index (χ3v) is 3.53. The molecular weight excluding hydrogens is 324 g/mol. The van der Waals surface area contributed by atoms with Gasteiger partial charge in [0.15, 0.2) is 0 Å². The van der Waals surface area contributed by atoms with E-state index >= 15 is 0 Å². The van der Waals surface area contributed by atoms with Crippen LogP contribution in [0, 0.1) is 0 Å². The highest BCUT2D eigenvalue weighted by Crippen LogP contribution is 2.14. The fraction of sp³-hybridized carbons (Fsp3) is 0.500. The lowest BCUT2D eigenvalue weighted by Crippen LogP contribution is -2.51. The Bertz CT molecular complexity index is 595. The molecule has 0 spiro atoms. The van der Waals surface area contributed by atoms with Crippen molar-refractivity contribution >= 4 is 18.0 Å². The first-order valence-electron chi connectivity index (χ1n) is 7.94. The van der Waals surface area contributed by atoms with Crippen LogP contribution < -0.4 is 0 Å². The zero-order chi connectivity index (χ0) is 19.0. The van der Waals surface area contributed by atoms with E-state index in [-0.39, 0.29) is 25.6 Å². The Morgan fingerprint density at radius 1 is 1.04 bits per heavy atom. The maximum atomic E-state index is 12.3. The average molecular weight is 350 g/mol. The zero-order valence-corrected chi connectivity index (χ0v) is 15.4. The Morgan fingerprint density at radius 2 is 1.64 bits per heavy atom. The van der Waals surface area contributed by atoms with Crippen molar-refractivity contribution in [3.63, 3.8) is 0 Å². The summed E-state index contributed by atoms with van der Waals surface area (Å²) in [6, 6.07) is 9.28. The first kappa shape index (κ1) is 20.5. The lowest BCUT2D eigenvalue weighted by Gasteiger charge is -2.34. The van der Waals surface area contributed by atoms with Gasteiger partial charge in [0, 0.05) is 12.6 Å². The summed E-state index contributed by atoms with van der Waals surface area (Å²) in [6.45, 7) is 5.17. The average Bonchev–Trinajstić information content (AvgIpc) is 2.56. The number of likely N-dealkylation sites (N-methyl/N-ethyl adjacent to an activating group) is 1. The SMILES string of the molecule is COC(=O)N(CC(=O)N(C)CC(=O)OCc1ccccc1)C(C)(C)C. The van der Waals surface area contributed by atoms with Gasteiger partial charge in [-0.2, -0.15) is 0 Å². The number of benzene rings is 1. The van der Waals surface area contributed by atoms with Crippen LogP contribution in [0.1, 0.15) is 26.3 Å². The summed E-state index contributed by atoms with van der Waals surface area (Å²) in [5.41, 5.74) is 0.284. The zero-order valence-electron chi connectivity index (χ0n) is 15.4. The molecule has 0 aliphatic carbocycles. The molecule has 0 saturated carbocycles. The van der Waals surface area contributed by atoms with E-state index in [1.54, 1.807) is 20.8 Å². The van der Waals surface area contributed by atoms with Gasteiger partial charge in [-0.3, -0.25) is 14.5 Å². The van der Waals surface area contributed by atoms with Crippen LogP contribution in [0.4, 0.5) is 4.79 Å². The first-order valence-corrected chi connectivity index (χ1v) is 7.94. The molecule has 1 rings (SSSR count). The van der Waals surface area contributed by atoms with Gasteiger partial charge in [-0.15, -0.1) is 0 Å². The van der Waals surface area contributed by atoms with Gasteiger partial charge in [0.1, 0.15) is 19.7 Å². The van der Waals surface area contributed by atoms with Gasteiger partial charge in [0.25, 0.3) is 0 Å². The number of amides is 2. The Balaban J connectivity index is 2.54. The number of rotatable bonds is 6. The van der Waals surface area contributed by atoms with Gasteiger partial charge in [0.2, 0.25) is 5.91 Å². The molecule has 1 aromatic rings. The quantitative estimate of drug-likeness (QED) is 0.734. The van der Waals surface area contributed by atoms with Crippen molar-refractivity contribution in [3.05, 3.63) is 35.9 Å². The van der Waals surface area contributed by atoms with Crippen LogP contribution in [-0.2, 0) is 25.7 Å². The van der Waals surface area contributed by atoms with Crippen molar-refractivity contribution in [2.24, 2.45) is 0 Å². The van der Waals surface area contributed by atoms with E-state index in [2.05, 4.69) is 0 Å². The fourth-order valence-electron chi connectivity index (χ4n) is 2.01.